The summed E-state index contributed by atoms with van der Waals surface area (Å²) < 4.78 is 24.5. The molecule has 2 aliphatic carbocycles. The SMILES string of the molecule is COc1cc(C=NN2C(=O)C3C4C=CC(C4)C3C2=O)ccc1OCC(=O)Nc1ccccc1F. The lowest BCUT2D eigenvalue weighted by atomic mass is 9.85. The smallest absolute Gasteiger partial charge is 0.262 e. The Kier molecular flexibility index (Phi) is 5.61. The molecular formula is C25H22FN3O5. The van der Waals surface area contributed by atoms with Gasteiger partial charge in [0.25, 0.3) is 17.7 Å². The van der Waals surface area contributed by atoms with Crippen molar-refractivity contribution >= 4 is 29.6 Å². The standard InChI is InChI=1S/C25H22FN3O5/c1-33-20-10-14(6-9-19(20)34-13-21(30)28-18-5-3-2-4-17(18)26)12-27-29-24(31)22-15-7-8-16(11-15)23(22)25(29)32/h2-10,12,15-16,22-23H,11,13H2,1H3,(H,28,30). The summed E-state index contributed by atoms with van der Waals surface area (Å²) in [4.78, 5) is 37.6. The van der Waals surface area contributed by atoms with Gasteiger partial charge in [-0.05, 0) is 54.2 Å². The fourth-order valence-corrected chi connectivity index (χ4v) is 4.90. The first kappa shape index (κ1) is 21.8. The second-order valence-corrected chi connectivity index (χ2v) is 8.46. The molecule has 34 heavy (non-hydrogen) atoms. The number of para-hydroxylation sites is 1. The van der Waals surface area contributed by atoms with Gasteiger partial charge in [-0.2, -0.15) is 10.1 Å². The largest absolute Gasteiger partial charge is 0.493 e. The van der Waals surface area contributed by atoms with Crippen molar-refractivity contribution in [1.29, 1.82) is 0 Å². The molecule has 3 amide bonds. The molecule has 5 rings (SSSR count). The fourth-order valence-electron chi connectivity index (χ4n) is 4.90. The Labute approximate surface area is 195 Å². The summed E-state index contributed by atoms with van der Waals surface area (Å²) in [5.74, 6) is -1.31. The highest BCUT2D eigenvalue weighted by atomic mass is 19.1. The van der Waals surface area contributed by atoms with Crippen molar-refractivity contribution in [2.24, 2.45) is 28.8 Å². The summed E-state index contributed by atoms with van der Waals surface area (Å²) in [6.45, 7) is -0.353. The summed E-state index contributed by atoms with van der Waals surface area (Å²) in [5.41, 5.74) is 0.646. The van der Waals surface area contributed by atoms with Gasteiger partial charge < -0.3 is 14.8 Å². The van der Waals surface area contributed by atoms with Crippen molar-refractivity contribution in [1.82, 2.24) is 5.01 Å². The normalized spacial score (nSPS) is 24.7. The van der Waals surface area contributed by atoms with Crippen LogP contribution in [0.2, 0.25) is 0 Å². The minimum Gasteiger partial charge on any atom is -0.493 e. The number of ether oxygens (including phenoxy) is 2. The van der Waals surface area contributed by atoms with Crippen LogP contribution in [-0.4, -0.2) is 42.7 Å². The Bertz CT molecular complexity index is 1200. The van der Waals surface area contributed by atoms with E-state index in [-0.39, 0.29) is 47.8 Å². The van der Waals surface area contributed by atoms with E-state index in [9.17, 15) is 18.8 Å². The zero-order chi connectivity index (χ0) is 23.8. The van der Waals surface area contributed by atoms with Gasteiger partial charge in [-0.1, -0.05) is 24.3 Å². The predicted octanol–water partition coefficient (Wildman–Crippen LogP) is 2.99. The summed E-state index contributed by atoms with van der Waals surface area (Å²) in [6.07, 6.45) is 6.35. The van der Waals surface area contributed by atoms with Crippen LogP contribution in [0.25, 0.3) is 0 Å². The number of imide groups is 1. The maximum atomic E-state index is 13.7. The molecule has 2 aromatic carbocycles. The summed E-state index contributed by atoms with van der Waals surface area (Å²) >= 11 is 0. The maximum absolute atomic E-state index is 13.7. The lowest BCUT2D eigenvalue weighted by Gasteiger charge is -2.13. The molecule has 4 atom stereocenters. The molecule has 174 valence electrons. The Morgan fingerprint density at radius 3 is 2.50 bits per heavy atom. The third-order valence-electron chi connectivity index (χ3n) is 6.46. The van der Waals surface area contributed by atoms with E-state index in [1.54, 1.807) is 24.3 Å². The second-order valence-electron chi connectivity index (χ2n) is 8.46. The van der Waals surface area contributed by atoms with Gasteiger partial charge in [0.2, 0.25) is 0 Å². The highest BCUT2D eigenvalue weighted by Gasteiger charge is 2.59. The third-order valence-corrected chi connectivity index (χ3v) is 6.46. The Morgan fingerprint density at radius 2 is 1.82 bits per heavy atom. The zero-order valence-corrected chi connectivity index (χ0v) is 18.3. The molecule has 1 heterocycles. The van der Waals surface area contributed by atoms with Crippen LogP contribution in [0.15, 0.2) is 59.7 Å². The van der Waals surface area contributed by atoms with Crippen LogP contribution >= 0.6 is 0 Å². The molecule has 2 fully saturated rings. The Balaban J connectivity index is 1.23. The maximum Gasteiger partial charge on any atom is 0.262 e. The molecule has 0 radical (unpaired) electrons. The van der Waals surface area contributed by atoms with E-state index in [0.29, 0.717) is 17.1 Å². The average Bonchev–Trinajstić information content (AvgIpc) is 3.52. The number of hydrazone groups is 1. The molecule has 1 N–H and O–H groups in total. The van der Waals surface area contributed by atoms with Crippen LogP contribution in [0.3, 0.4) is 0 Å². The molecule has 2 aromatic rings. The Morgan fingerprint density at radius 1 is 1.12 bits per heavy atom. The third kappa shape index (κ3) is 3.83. The zero-order valence-electron chi connectivity index (χ0n) is 18.3. The van der Waals surface area contributed by atoms with Crippen LogP contribution in [0.1, 0.15) is 12.0 Å². The number of halogens is 1. The van der Waals surface area contributed by atoms with Gasteiger partial charge in [0, 0.05) is 0 Å². The highest BCUT2D eigenvalue weighted by Crippen LogP contribution is 2.52. The van der Waals surface area contributed by atoms with Gasteiger partial charge >= 0.3 is 0 Å². The number of allylic oxidation sites excluding steroid dienone is 2. The van der Waals surface area contributed by atoms with E-state index in [4.69, 9.17) is 9.47 Å². The lowest BCUT2D eigenvalue weighted by molar-refractivity contribution is -0.140. The predicted molar refractivity (Wildman–Crippen MR) is 121 cm³/mol. The number of rotatable bonds is 7. The summed E-state index contributed by atoms with van der Waals surface area (Å²) in [7, 11) is 1.44. The van der Waals surface area contributed by atoms with Crippen LogP contribution in [0.5, 0.6) is 11.5 Å². The first-order valence-electron chi connectivity index (χ1n) is 10.9. The number of nitrogens with zero attached hydrogens (tertiary/aromatic N) is 2. The van der Waals surface area contributed by atoms with Crippen LogP contribution in [0, 0.1) is 29.5 Å². The average molecular weight is 463 g/mol. The number of nitrogens with one attached hydrogen (secondary N) is 1. The van der Waals surface area contributed by atoms with Gasteiger partial charge in [-0.15, -0.1) is 0 Å². The molecule has 2 bridgehead atoms. The molecule has 0 spiro atoms. The van der Waals surface area contributed by atoms with E-state index in [0.717, 1.165) is 11.4 Å². The van der Waals surface area contributed by atoms with Crippen molar-refractivity contribution in [3.63, 3.8) is 0 Å². The number of methoxy groups -OCH3 is 1. The van der Waals surface area contributed by atoms with E-state index < -0.39 is 11.7 Å². The number of hydrogen-bond acceptors (Lipinski definition) is 6. The number of carbonyl (C=O) groups is 3. The number of hydrogen-bond donors (Lipinski definition) is 1. The minimum absolute atomic E-state index is 0.0635. The molecule has 0 aromatic heterocycles. The molecule has 3 aliphatic rings. The van der Waals surface area contributed by atoms with E-state index in [1.165, 1.54) is 31.5 Å². The number of carbonyl (C=O) groups excluding carboxylic acids is 3. The van der Waals surface area contributed by atoms with Crippen LogP contribution < -0.4 is 14.8 Å². The van der Waals surface area contributed by atoms with Crippen molar-refractivity contribution < 1.29 is 28.2 Å². The first-order valence-corrected chi connectivity index (χ1v) is 10.9. The Hall–Kier alpha value is -4.01. The summed E-state index contributed by atoms with van der Waals surface area (Å²) in [5, 5.41) is 7.57. The monoisotopic (exact) mass is 463 g/mol. The van der Waals surface area contributed by atoms with Crippen molar-refractivity contribution in [2.75, 3.05) is 19.0 Å². The molecule has 1 aliphatic heterocycles. The highest BCUT2D eigenvalue weighted by molar-refractivity contribution is 6.06. The van der Waals surface area contributed by atoms with Gasteiger partial charge in [0.15, 0.2) is 18.1 Å². The lowest BCUT2D eigenvalue weighted by Crippen LogP contribution is -2.28. The minimum atomic E-state index is -0.542. The first-order chi connectivity index (χ1) is 16.5. The number of amides is 3. The quantitative estimate of drug-likeness (QED) is 0.387. The number of benzene rings is 2. The van der Waals surface area contributed by atoms with Gasteiger partial charge in [-0.3, -0.25) is 14.4 Å². The molecule has 8 nitrogen and oxygen atoms in total. The summed E-state index contributed by atoms with van der Waals surface area (Å²) in [6, 6.07) is 10.7. The molecule has 4 unspecified atom stereocenters. The van der Waals surface area contributed by atoms with Gasteiger partial charge in [-0.25, -0.2) is 4.39 Å². The molecule has 9 heteroatoms. The van der Waals surface area contributed by atoms with Crippen molar-refractivity contribution in [3.05, 3.63) is 66.0 Å². The van der Waals surface area contributed by atoms with E-state index in [2.05, 4.69) is 10.4 Å². The van der Waals surface area contributed by atoms with Crippen molar-refractivity contribution in [2.45, 2.75) is 6.42 Å². The molecule has 1 saturated heterocycles. The van der Waals surface area contributed by atoms with Crippen LogP contribution in [-0.2, 0) is 14.4 Å². The van der Waals surface area contributed by atoms with Gasteiger partial charge in [0.05, 0.1) is 30.8 Å². The number of anilines is 1. The van der Waals surface area contributed by atoms with Gasteiger partial charge in [0.1, 0.15) is 5.82 Å². The topological polar surface area (TPSA) is 97.3 Å². The van der Waals surface area contributed by atoms with Crippen molar-refractivity contribution in [3.8, 4) is 11.5 Å². The fraction of sp³-hybridized carbons (Fsp3) is 0.280. The van der Waals surface area contributed by atoms with E-state index in [1.807, 2.05) is 12.2 Å². The van der Waals surface area contributed by atoms with Crippen LogP contribution in [0.4, 0.5) is 10.1 Å². The molecule has 1 saturated carbocycles. The second kappa shape index (κ2) is 8.74. The van der Waals surface area contributed by atoms with E-state index >= 15 is 0 Å². The number of fused-ring (bicyclic) bond motifs is 5. The molecular weight excluding hydrogens is 441 g/mol.